The fourth-order valence-corrected chi connectivity index (χ4v) is 2.94. The van der Waals surface area contributed by atoms with Gasteiger partial charge in [0, 0.05) is 22.1 Å². The second-order valence-corrected chi connectivity index (χ2v) is 5.91. The van der Waals surface area contributed by atoms with Crippen molar-refractivity contribution in [2.45, 2.75) is 0 Å². The maximum Gasteiger partial charge on any atom is 0.0659 e. The van der Waals surface area contributed by atoms with Gasteiger partial charge in [-0.05, 0) is 72.8 Å². The van der Waals surface area contributed by atoms with Crippen molar-refractivity contribution in [3.05, 3.63) is 71.3 Å². The van der Waals surface area contributed by atoms with Gasteiger partial charge in [-0.3, -0.25) is 11.7 Å². The molecule has 0 fully saturated rings. The summed E-state index contributed by atoms with van der Waals surface area (Å²) in [7, 11) is 0. The van der Waals surface area contributed by atoms with Crippen LogP contribution in [0.5, 0.6) is 0 Å². The van der Waals surface area contributed by atoms with E-state index in [1.807, 2.05) is 42.5 Å². The van der Waals surface area contributed by atoms with Crippen LogP contribution in [-0.4, -0.2) is 19.9 Å². The summed E-state index contributed by atoms with van der Waals surface area (Å²) < 4.78 is 0. The molecule has 0 atom stereocenters. The van der Waals surface area contributed by atoms with Gasteiger partial charge in [-0.15, -0.1) is 0 Å². The highest BCUT2D eigenvalue weighted by molar-refractivity contribution is 5.77. The van der Waals surface area contributed by atoms with Gasteiger partial charge in [0.1, 0.15) is 0 Å². The van der Waals surface area contributed by atoms with Crippen LogP contribution in [0.25, 0.3) is 46.4 Å². The first kappa shape index (κ1) is 16.0. The number of rotatable bonds is 0. The highest BCUT2D eigenvalue weighted by Gasteiger charge is 2.02. The van der Waals surface area contributed by atoms with Gasteiger partial charge in [-0.25, -0.2) is 9.97 Å². The molecule has 6 nitrogen and oxygen atoms in total. The van der Waals surface area contributed by atoms with Crippen LogP contribution in [0.1, 0.15) is 22.8 Å². The Bertz CT molecular complexity index is 1070. The van der Waals surface area contributed by atoms with E-state index in [1.165, 1.54) is 0 Å². The van der Waals surface area contributed by atoms with Gasteiger partial charge in [-0.1, -0.05) is 0 Å². The van der Waals surface area contributed by atoms with Crippen LogP contribution in [0.15, 0.2) is 48.5 Å². The van der Waals surface area contributed by atoms with Crippen LogP contribution >= 0.6 is 0 Å². The number of nitrogens with two attached hydrogens (primary N) is 2. The number of nitrogens with one attached hydrogen (secondary N) is 2. The van der Waals surface area contributed by atoms with Crippen molar-refractivity contribution in [3.63, 3.8) is 0 Å². The largest absolute Gasteiger partial charge is 0.355 e. The molecule has 0 spiro atoms. The molecule has 3 aromatic heterocycles. The summed E-state index contributed by atoms with van der Waals surface area (Å²) in [4.78, 5) is 16.0. The van der Waals surface area contributed by atoms with Gasteiger partial charge in [0.25, 0.3) is 0 Å². The second kappa shape index (κ2) is 6.79. The Morgan fingerprint density at radius 1 is 0.500 bits per heavy atom. The van der Waals surface area contributed by atoms with Gasteiger partial charge in [0.05, 0.1) is 22.8 Å². The molecule has 0 unspecified atom stereocenters. The summed E-state index contributed by atoms with van der Waals surface area (Å²) in [5, 5.41) is 0. The highest BCUT2D eigenvalue weighted by atomic mass is 15.0. The fraction of sp³-hybridized carbons (Fsp3) is 0. The Kier molecular flexibility index (Phi) is 4.18. The van der Waals surface area contributed by atoms with Gasteiger partial charge < -0.3 is 9.97 Å². The van der Waals surface area contributed by atoms with Crippen LogP contribution < -0.4 is 11.7 Å². The lowest BCUT2D eigenvalue weighted by Gasteiger charge is -1.86. The second-order valence-electron chi connectivity index (χ2n) is 5.91. The molecule has 26 heavy (non-hydrogen) atoms. The lowest BCUT2D eigenvalue weighted by atomic mass is 10.3. The molecule has 0 saturated carbocycles. The first-order valence-corrected chi connectivity index (χ1v) is 8.18. The number of aromatic amines is 2. The molecule has 128 valence electrons. The Labute approximate surface area is 149 Å². The third kappa shape index (κ3) is 3.32. The zero-order valence-electron chi connectivity index (χ0n) is 14.0. The summed E-state index contributed by atoms with van der Waals surface area (Å²) in [6.07, 6.45) is 8.05. The Hall–Kier alpha value is -3.48. The minimum atomic E-state index is 0.915. The number of nitrogens with zero attached hydrogens (tertiary/aromatic N) is 2. The van der Waals surface area contributed by atoms with Crippen molar-refractivity contribution in [1.82, 2.24) is 19.9 Å². The van der Waals surface area contributed by atoms with E-state index in [2.05, 4.69) is 62.0 Å². The molecule has 5 rings (SSSR count). The molecule has 2 aliphatic rings. The molecule has 8 bridgehead atoms. The van der Waals surface area contributed by atoms with E-state index < -0.39 is 0 Å². The van der Waals surface area contributed by atoms with E-state index in [0.717, 1.165) is 44.8 Å². The number of hydrazine groups is 1. The molecule has 3 aromatic rings. The molecular formula is C20H18N6. The van der Waals surface area contributed by atoms with Crippen molar-refractivity contribution in [1.29, 1.82) is 0 Å². The molecule has 6 N–H and O–H groups in total. The predicted molar refractivity (Wildman–Crippen MR) is 107 cm³/mol. The summed E-state index contributed by atoms with van der Waals surface area (Å²) in [5.74, 6) is 8.00. The number of H-pyrrole nitrogens is 2. The van der Waals surface area contributed by atoms with Crippen molar-refractivity contribution in [2.24, 2.45) is 11.7 Å². The van der Waals surface area contributed by atoms with Crippen LogP contribution in [0.3, 0.4) is 0 Å². The van der Waals surface area contributed by atoms with E-state index >= 15 is 0 Å². The Balaban J connectivity index is 0.000000814. The predicted octanol–water partition coefficient (Wildman–Crippen LogP) is 3.47. The third-order valence-corrected chi connectivity index (χ3v) is 4.04. The smallest absolute Gasteiger partial charge is 0.0659 e. The molecule has 0 aliphatic carbocycles. The molecule has 0 saturated heterocycles. The average Bonchev–Trinajstić information content (AvgIpc) is 3.42. The van der Waals surface area contributed by atoms with Crippen LogP contribution in [0.2, 0.25) is 0 Å². The van der Waals surface area contributed by atoms with E-state index in [0.29, 0.717) is 0 Å². The van der Waals surface area contributed by atoms with Crippen LogP contribution in [0.4, 0.5) is 0 Å². The normalized spacial score (nSPS) is 11.9. The minimum Gasteiger partial charge on any atom is -0.355 e. The molecule has 0 aromatic carbocycles. The zero-order chi connectivity index (χ0) is 17.9. The minimum absolute atomic E-state index is 0.915. The first-order valence-electron chi connectivity index (χ1n) is 8.18. The molecule has 0 radical (unpaired) electrons. The summed E-state index contributed by atoms with van der Waals surface area (Å²) >= 11 is 0. The van der Waals surface area contributed by atoms with Gasteiger partial charge in [0.2, 0.25) is 0 Å². The van der Waals surface area contributed by atoms with Crippen LogP contribution in [-0.2, 0) is 0 Å². The summed E-state index contributed by atoms with van der Waals surface area (Å²) in [6.45, 7) is 0. The number of aromatic nitrogens is 4. The highest BCUT2D eigenvalue weighted by Crippen LogP contribution is 2.17. The van der Waals surface area contributed by atoms with E-state index in [4.69, 9.17) is 0 Å². The molecule has 2 aliphatic heterocycles. The van der Waals surface area contributed by atoms with Crippen LogP contribution in [0, 0.1) is 0 Å². The molecule has 0 amide bonds. The van der Waals surface area contributed by atoms with E-state index in [9.17, 15) is 0 Å². The van der Waals surface area contributed by atoms with Crippen molar-refractivity contribution >= 4 is 46.4 Å². The number of hydrogen-bond acceptors (Lipinski definition) is 4. The van der Waals surface area contributed by atoms with E-state index in [-0.39, 0.29) is 0 Å². The lowest BCUT2D eigenvalue weighted by Crippen LogP contribution is -2.02. The lowest BCUT2D eigenvalue weighted by molar-refractivity contribution is 1.26. The summed E-state index contributed by atoms with van der Waals surface area (Å²) in [5.41, 5.74) is 7.86. The van der Waals surface area contributed by atoms with Gasteiger partial charge >= 0.3 is 0 Å². The van der Waals surface area contributed by atoms with Crippen molar-refractivity contribution in [2.75, 3.05) is 0 Å². The quantitative estimate of drug-likeness (QED) is 0.255. The molecule has 6 heteroatoms. The van der Waals surface area contributed by atoms with Crippen molar-refractivity contribution in [3.8, 4) is 0 Å². The number of hydrogen-bond donors (Lipinski definition) is 4. The standard InChI is InChI=1S/C20H14N4.H4N2/c1-2-14-10-16-5-6-18(23-16)12-20-8-7-19(24-20)11-17-4-3-15(22-17)9-13(1)21-14;1-2/h1-12,21-22H;1-2H2. The average molecular weight is 342 g/mol. The van der Waals surface area contributed by atoms with E-state index in [1.54, 1.807) is 0 Å². The fourth-order valence-electron chi connectivity index (χ4n) is 2.94. The first-order chi connectivity index (χ1) is 12.8. The topological polar surface area (TPSA) is 109 Å². The third-order valence-electron chi connectivity index (χ3n) is 4.04. The monoisotopic (exact) mass is 342 g/mol. The maximum absolute atomic E-state index is 4.62. The maximum atomic E-state index is 4.62. The molecule has 5 heterocycles. The Morgan fingerprint density at radius 2 is 0.846 bits per heavy atom. The van der Waals surface area contributed by atoms with Crippen molar-refractivity contribution < 1.29 is 0 Å². The molecular weight excluding hydrogens is 324 g/mol. The Morgan fingerprint density at radius 3 is 1.27 bits per heavy atom. The SMILES string of the molecule is C1=Cc2cc3ccc(cc4ccc(cc5nc(cc1n2)C=C5)[nH]4)[nH]3.NN. The number of fused-ring (bicyclic) bond motifs is 8. The van der Waals surface area contributed by atoms with Gasteiger partial charge in [0.15, 0.2) is 0 Å². The zero-order valence-corrected chi connectivity index (χ0v) is 14.0. The van der Waals surface area contributed by atoms with Gasteiger partial charge in [-0.2, -0.15) is 0 Å². The summed E-state index contributed by atoms with van der Waals surface area (Å²) in [6, 6.07) is 16.4.